The maximum absolute atomic E-state index is 13.6. The fraction of sp³-hybridized carbons (Fsp3) is 0.421. The molecule has 1 aliphatic carbocycles. The quantitative estimate of drug-likeness (QED) is 0.717. The maximum Gasteiger partial charge on any atom is 0.303 e. The molecule has 3 rings (SSSR count). The molecule has 0 aliphatic heterocycles. The molecule has 1 aliphatic rings. The lowest BCUT2D eigenvalue weighted by molar-refractivity contribution is -0.137. The summed E-state index contributed by atoms with van der Waals surface area (Å²) in [6, 6.07) is 6.09. The molecule has 1 amide bonds. The second-order valence-corrected chi connectivity index (χ2v) is 6.49. The largest absolute Gasteiger partial charge is 0.481 e. The van der Waals surface area contributed by atoms with Crippen molar-refractivity contribution in [3.05, 3.63) is 41.3 Å². The number of fused-ring (bicyclic) bond motifs is 1. The van der Waals surface area contributed by atoms with Gasteiger partial charge in [-0.05, 0) is 49.9 Å². The molecule has 0 atom stereocenters. The van der Waals surface area contributed by atoms with Crippen molar-refractivity contribution >= 4 is 22.8 Å². The summed E-state index contributed by atoms with van der Waals surface area (Å²) in [5, 5.41) is 12.0. The third-order valence-electron chi connectivity index (χ3n) is 4.38. The van der Waals surface area contributed by atoms with E-state index in [1.807, 2.05) is 0 Å². The number of nitrogens with zero attached hydrogens (tertiary/aromatic N) is 1. The van der Waals surface area contributed by atoms with Gasteiger partial charge in [-0.2, -0.15) is 0 Å². The summed E-state index contributed by atoms with van der Waals surface area (Å²) in [5.74, 6) is -1.03. The van der Waals surface area contributed by atoms with Crippen LogP contribution in [0.5, 0.6) is 0 Å². The van der Waals surface area contributed by atoms with Crippen molar-refractivity contribution in [3.8, 4) is 0 Å². The first-order chi connectivity index (χ1) is 12.0. The van der Waals surface area contributed by atoms with Crippen LogP contribution in [0.2, 0.25) is 0 Å². The number of aliphatic carboxylic acids is 1. The molecule has 0 saturated heterocycles. The molecule has 1 aromatic heterocycles. The predicted molar refractivity (Wildman–Crippen MR) is 92.1 cm³/mol. The number of unbranched alkanes of at least 4 members (excludes halogenated alkanes) is 2. The molecule has 2 aromatic rings. The van der Waals surface area contributed by atoms with Gasteiger partial charge in [-0.15, -0.1) is 0 Å². The molecule has 0 radical (unpaired) electrons. The summed E-state index contributed by atoms with van der Waals surface area (Å²) in [6.07, 6.45) is 4.35. The monoisotopic (exact) mass is 344 g/mol. The molecule has 1 heterocycles. The maximum atomic E-state index is 13.6. The van der Waals surface area contributed by atoms with E-state index >= 15 is 0 Å². The van der Waals surface area contributed by atoms with E-state index < -0.39 is 11.8 Å². The average molecular weight is 344 g/mol. The molecule has 0 spiro atoms. The highest BCUT2D eigenvalue weighted by Gasteiger charge is 2.27. The molecular weight excluding hydrogens is 323 g/mol. The van der Waals surface area contributed by atoms with Gasteiger partial charge in [0.25, 0.3) is 5.91 Å². The normalized spacial score (nSPS) is 13.8. The Labute approximate surface area is 145 Å². The third kappa shape index (κ3) is 4.53. The van der Waals surface area contributed by atoms with Gasteiger partial charge >= 0.3 is 5.97 Å². The minimum Gasteiger partial charge on any atom is -0.481 e. The number of halogens is 1. The molecule has 1 saturated carbocycles. The molecule has 0 bridgehead atoms. The smallest absolute Gasteiger partial charge is 0.303 e. The van der Waals surface area contributed by atoms with Crippen LogP contribution in [0, 0.1) is 5.82 Å². The van der Waals surface area contributed by atoms with Gasteiger partial charge in [0.1, 0.15) is 5.82 Å². The van der Waals surface area contributed by atoms with Gasteiger partial charge in [-0.3, -0.25) is 14.6 Å². The minimum atomic E-state index is -0.804. The van der Waals surface area contributed by atoms with E-state index in [1.54, 1.807) is 12.1 Å². The molecule has 2 N–H and O–H groups in total. The standard InChI is InChI=1S/C19H21FN2O3/c20-13-7-8-16-14(10-13)15(11-17(22-16)12-5-6-12)19(25)21-9-3-1-2-4-18(23)24/h7-8,10-12H,1-6,9H2,(H,21,25)(H,23,24). The van der Waals surface area contributed by atoms with Gasteiger partial charge in [0.15, 0.2) is 0 Å². The number of amides is 1. The fourth-order valence-corrected chi connectivity index (χ4v) is 2.87. The van der Waals surface area contributed by atoms with E-state index in [0.717, 1.165) is 25.0 Å². The Balaban J connectivity index is 1.69. The van der Waals surface area contributed by atoms with Crippen LogP contribution in [0.15, 0.2) is 24.3 Å². The lowest BCUT2D eigenvalue weighted by Crippen LogP contribution is -2.25. The van der Waals surface area contributed by atoms with Gasteiger partial charge < -0.3 is 10.4 Å². The summed E-state index contributed by atoms with van der Waals surface area (Å²) in [7, 11) is 0. The second kappa shape index (κ2) is 7.59. The number of aromatic nitrogens is 1. The highest BCUT2D eigenvalue weighted by molar-refractivity contribution is 6.06. The van der Waals surface area contributed by atoms with Gasteiger partial charge in [0.05, 0.1) is 11.1 Å². The van der Waals surface area contributed by atoms with Crippen molar-refractivity contribution in [1.29, 1.82) is 0 Å². The van der Waals surface area contributed by atoms with E-state index in [9.17, 15) is 14.0 Å². The van der Waals surface area contributed by atoms with Gasteiger partial charge in [0, 0.05) is 30.0 Å². The topological polar surface area (TPSA) is 79.3 Å². The zero-order chi connectivity index (χ0) is 17.8. The number of rotatable bonds is 8. The number of benzene rings is 1. The van der Waals surface area contributed by atoms with Crippen LogP contribution in [-0.2, 0) is 4.79 Å². The Kier molecular flexibility index (Phi) is 5.26. The zero-order valence-electron chi connectivity index (χ0n) is 13.9. The first-order valence-electron chi connectivity index (χ1n) is 8.65. The number of pyridine rings is 1. The molecule has 5 nitrogen and oxygen atoms in total. The number of carbonyl (C=O) groups is 2. The van der Waals surface area contributed by atoms with Crippen molar-refractivity contribution in [2.24, 2.45) is 0 Å². The molecule has 1 aromatic carbocycles. The fourth-order valence-electron chi connectivity index (χ4n) is 2.87. The van der Waals surface area contributed by atoms with E-state index in [2.05, 4.69) is 10.3 Å². The van der Waals surface area contributed by atoms with Crippen molar-refractivity contribution < 1.29 is 19.1 Å². The second-order valence-electron chi connectivity index (χ2n) is 6.49. The van der Waals surface area contributed by atoms with E-state index in [4.69, 9.17) is 5.11 Å². The third-order valence-corrected chi connectivity index (χ3v) is 4.38. The molecule has 132 valence electrons. The first-order valence-corrected chi connectivity index (χ1v) is 8.65. The van der Waals surface area contributed by atoms with Crippen LogP contribution < -0.4 is 5.32 Å². The zero-order valence-corrected chi connectivity index (χ0v) is 13.9. The number of hydrogen-bond acceptors (Lipinski definition) is 3. The Morgan fingerprint density at radius 3 is 2.72 bits per heavy atom. The molecule has 6 heteroatoms. The Bertz CT molecular complexity index is 803. The van der Waals surface area contributed by atoms with Crippen LogP contribution in [-0.4, -0.2) is 28.5 Å². The number of carboxylic acid groups (broad SMARTS) is 1. The predicted octanol–water partition coefficient (Wildman–Crippen LogP) is 3.63. The van der Waals surface area contributed by atoms with Crippen molar-refractivity contribution in [2.45, 2.75) is 44.4 Å². The van der Waals surface area contributed by atoms with E-state index in [1.165, 1.54) is 12.1 Å². The van der Waals surface area contributed by atoms with Gasteiger partial charge in [-0.1, -0.05) is 6.42 Å². The molecule has 0 unspecified atom stereocenters. The van der Waals surface area contributed by atoms with Gasteiger partial charge in [-0.25, -0.2) is 4.39 Å². The summed E-state index contributed by atoms with van der Waals surface area (Å²) in [6.45, 7) is 0.469. The number of hydrogen-bond donors (Lipinski definition) is 2. The number of nitrogens with one attached hydrogen (secondary N) is 1. The highest BCUT2D eigenvalue weighted by atomic mass is 19.1. The minimum absolute atomic E-state index is 0.146. The average Bonchev–Trinajstić information content (AvgIpc) is 3.41. The van der Waals surface area contributed by atoms with Gasteiger partial charge in [0.2, 0.25) is 0 Å². The SMILES string of the molecule is O=C(O)CCCCCNC(=O)c1cc(C2CC2)nc2ccc(F)cc12. The summed E-state index contributed by atoms with van der Waals surface area (Å²) >= 11 is 0. The van der Waals surface area contributed by atoms with Crippen LogP contribution in [0.4, 0.5) is 4.39 Å². The van der Waals surface area contributed by atoms with Crippen LogP contribution in [0.1, 0.15) is 60.5 Å². The Morgan fingerprint density at radius 1 is 1.20 bits per heavy atom. The number of carbonyl (C=O) groups excluding carboxylic acids is 1. The van der Waals surface area contributed by atoms with Crippen molar-refractivity contribution in [3.63, 3.8) is 0 Å². The van der Waals surface area contributed by atoms with E-state index in [0.29, 0.717) is 41.8 Å². The Morgan fingerprint density at radius 2 is 2.00 bits per heavy atom. The Hall–Kier alpha value is -2.50. The molecule has 1 fully saturated rings. The summed E-state index contributed by atoms with van der Waals surface area (Å²) < 4.78 is 13.6. The van der Waals surface area contributed by atoms with Crippen LogP contribution in [0.25, 0.3) is 10.9 Å². The number of carboxylic acids is 1. The van der Waals surface area contributed by atoms with Crippen LogP contribution in [0.3, 0.4) is 0 Å². The lowest BCUT2D eigenvalue weighted by atomic mass is 10.0. The lowest BCUT2D eigenvalue weighted by Gasteiger charge is -2.10. The first kappa shape index (κ1) is 17.3. The molecule has 25 heavy (non-hydrogen) atoms. The van der Waals surface area contributed by atoms with Crippen molar-refractivity contribution in [2.75, 3.05) is 6.54 Å². The van der Waals surface area contributed by atoms with Crippen LogP contribution >= 0.6 is 0 Å². The van der Waals surface area contributed by atoms with E-state index in [-0.39, 0.29) is 12.3 Å². The highest BCUT2D eigenvalue weighted by Crippen LogP contribution is 2.40. The molecular formula is C19H21FN2O3. The van der Waals surface area contributed by atoms with Crippen molar-refractivity contribution in [1.82, 2.24) is 10.3 Å². The summed E-state index contributed by atoms with van der Waals surface area (Å²) in [5.41, 5.74) is 1.99. The summed E-state index contributed by atoms with van der Waals surface area (Å²) in [4.78, 5) is 27.6.